The number of hydrogen-bond donors (Lipinski definition) is 2. The van der Waals surface area contributed by atoms with Crippen LogP contribution in [0.5, 0.6) is 0 Å². The molecule has 5 nitrogen and oxygen atoms in total. The normalized spacial score (nSPS) is 17.2. The van der Waals surface area contributed by atoms with Crippen LogP contribution in [0.1, 0.15) is 22.8 Å². The summed E-state index contributed by atoms with van der Waals surface area (Å²) in [6.07, 6.45) is 0. The number of nitrogens with one attached hydrogen (secondary N) is 2. The van der Waals surface area contributed by atoms with Gasteiger partial charge in [-0.25, -0.2) is 4.39 Å². The first kappa shape index (κ1) is 19.3. The lowest BCUT2D eigenvalue weighted by atomic mass is 10.1. The fraction of sp³-hybridized carbons (Fsp3) is 0.211. The monoisotopic (exact) mass is 406 g/mol. The van der Waals surface area contributed by atoms with E-state index in [0.29, 0.717) is 0 Å². The first-order valence-electron chi connectivity index (χ1n) is 8.24. The number of nitrogens with zero attached hydrogens (tertiary/aromatic N) is 2. The predicted molar refractivity (Wildman–Crippen MR) is 105 cm³/mol. The third-order valence-electron chi connectivity index (χ3n) is 4.47. The van der Waals surface area contributed by atoms with Crippen molar-refractivity contribution in [3.05, 3.63) is 69.5 Å². The van der Waals surface area contributed by atoms with Crippen molar-refractivity contribution in [3.8, 4) is 0 Å². The van der Waals surface area contributed by atoms with E-state index in [2.05, 4.69) is 0 Å². The van der Waals surface area contributed by atoms with Gasteiger partial charge >= 0.3 is 0 Å². The smallest absolute Gasteiger partial charge is 0.256 e. The number of rotatable bonds is 2. The second kappa shape index (κ2) is 7.66. The molecule has 2 aromatic carbocycles. The zero-order chi connectivity index (χ0) is 19.7. The molecule has 140 valence electrons. The van der Waals surface area contributed by atoms with E-state index in [9.17, 15) is 9.18 Å². The lowest BCUT2D eigenvalue weighted by Crippen LogP contribution is -2.58. The van der Waals surface area contributed by atoms with Gasteiger partial charge in [-0.1, -0.05) is 41.4 Å². The largest absolute Gasteiger partial charge is 0.327 e. The Morgan fingerprint density at radius 2 is 1.81 bits per heavy atom. The minimum atomic E-state index is -0.521. The van der Waals surface area contributed by atoms with Crippen molar-refractivity contribution in [3.63, 3.8) is 0 Å². The van der Waals surface area contributed by atoms with Gasteiger partial charge in [-0.05, 0) is 31.2 Å². The summed E-state index contributed by atoms with van der Waals surface area (Å²) in [5.41, 5.74) is 0.383. The van der Waals surface area contributed by atoms with E-state index in [1.165, 1.54) is 21.9 Å². The van der Waals surface area contributed by atoms with E-state index in [4.69, 9.17) is 34.0 Å². The van der Waals surface area contributed by atoms with Gasteiger partial charge in [0, 0.05) is 12.6 Å². The van der Waals surface area contributed by atoms with Crippen LogP contribution in [0.15, 0.2) is 42.5 Å². The highest BCUT2D eigenvalue weighted by atomic mass is 35.5. The molecule has 0 aromatic heterocycles. The molecule has 1 saturated heterocycles. The third-order valence-corrected chi connectivity index (χ3v) is 5.29. The molecule has 1 fully saturated rings. The van der Waals surface area contributed by atoms with Crippen molar-refractivity contribution in [1.82, 2.24) is 9.80 Å². The minimum Gasteiger partial charge on any atom is -0.327 e. The lowest BCUT2D eigenvalue weighted by Gasteiger charge is -2.41. The van der Waals surface area contributed by atoms with E-state index in [-0.39, 0.29) is 57.9 Å². The Hall–Kier alpha value is -2.44. The van der Waals surface area contributed by atoms with Crippen LogP contribution < -0.4 is 0 Å². The molecule has 1 aliphatic rings. The maximum absolute atomic E-state index is 14.0. The highest BCUT2D eigenvalue weighted by Gasteiger charge is 2.34. The molecule has 2 aromatic rings. The zero-order valence-corrected chi connectivity index (χ0v) is 16.0. The Morgan fingerprint density at radius 1 is 1.15 bits per heavy atom. The van der Waals surface area contributed by atoms with Crippen LogP contribution in [0.2, 0.25) is 10.0 Å². The number of halogens is 3. The van der Waals surface area contributed by atoms with Gasteiger partial charge in [-0.15, -0.1) is 0 Å². The molecule has 0 saturated carbocycles. The first-order chi connectivity index (χ1) is 12.8. The van der Waals surface area contributed by atoms with E-state index in [1.807, 2.05) is 6.92 Å². The van der Waals surface area contributed by atoms with Crippen molar-refractivity contribution < 1.29 is 9.18 Å². The number of benzene rings is 2. The van der Waals surface area contributed by atoms with Gasteiger partial charge in [-0.3, -0.25) is 15.6 Å². The standard InChI is InChI=1S/C19H17Cl2FN4O/c1-11-9-26(18(24)12-5-2-3-8-15(12)22)16(23)10-25(11)19(27)13-6-4-7-14(20)17(13)21/h2-8,11,23-24H,9-10H2,1H3. The van der Waals surface area contributed by atoms with Gasteiger partial charge in [-0.2, -0.15) is 0 Å². The van der Waals surface area contributed by atoms with Crippen molar-refractivity contribution in [1.29, 1.82) is 10.8 Å². The molecule has 1 amide bonds. The Balaban J connectivity index is 1.82. The summed E-state index contributed by atoms with van der Waals surface area (Å²) >= 11 is 12.1. The number of amides is 1. The summed E-state index contributed by atoms with van der Waals surface area (Å²) in [4.78, 5) is 15.8. The van der Waals surface area contributed by atoms with Gasteiger partial charge in [0.15, 0.2) is 0 Å². The Kier molecular flexibility index (Phi) is 5.48. The summed E-state index contributed by atoms with van der Waals surface area (Å²) in [6, 6.07) is 10.5. The zero-order valence-electron chi connectivity index (χ0n) is 14.5. The molecule has 1 atom stereocenters. The molecular formula is C19H17Cl2FN4O. The maximum Gasteiger partial charge on any atom is 0.256 e. The highest BCUT2D eigenvalue weighted by Crippen LogP contribution is 2.28. The molecule has 0 radical (unpaired) electrons. The second-order valence-electron chi connectivity index (χ2n) is 6.27. The quantitative estimate of drug-likeness (QED) is 0.576. The van der Waals surface area contributed by atoms with Crippen molar-refractivity contribution >= 4 is 40.8 Å². The van der Waals surface area contributed by atoms with Gasteiger partial charge in [0.1, 0.15) is 17.5 Å². The van der Waals surface area contributed by atoms with E-state index >= 15 is 0 Å². The molecule has 3 rings (SSSR count). The van der Waals surface area contributed by atoms with Gasteiger partial charge in [0.05, 0.1) is 27.7 Å². The van der Waals surface area contributed by atoms with Crippen LogP contribution in [0.4, 0.5) is 4.39 Å². The average molecular weight is 407 g/mol. The van der Waals surface area contributed by atoms with E-state index < -0.39 is 5.82 Å². The molecule has 1 unspecified atom stereocenters. The average Bonchev–Trinajstić information content (AvgIpc) is 2.65. The molecule has 1 aliphatic heterocycles. The maximum atomic E-state index is 14.0. The van der Waals surface area contributed by atoms with Crippen LogP contribution in [0, 0.1) is 16.6 Å². The SMILES string of the molecule is CC1CN(C(=N)c2ccccc2F)C(=N)CN1C(=O)c1cccc(Cl)c1Cl. The summed E-state index contributed by atoms with van der Waals surface area (Å²) in [5.74, 6) is -0.922. The number of carbonyl (C=O) groups is 1. The first-order valence-corrected chi connectivity index (χ1v) is 9.00. The highest BCUT2D eigenvalue weighted by molar-refractivity contribution is 6.43. The predicted octanol–water partition coefficient (Wildman–Crippen LogP) is 4.28. The summed E-state index contributed by atoms with van der Waals surface area (Å²) in [6.45, 7) is 2.00. The fourth-order valence-electron chi connectivity index (χ4n) is 3.00. The van der Waals surface area contributed by atoms with Crippen molar-refractivity contribution in [2.24, 2.45) is 0 Å². The Bertz CT molecular complexity index is 934. The number of hydrogen-bond acceptors (Lipinski definition) is 3. The third kappa shape index (κ3) is 3.68. The summed E-state index contributed by atoms with van der Waals surface area (Å²) < 4.78 is 14.0. The number of piperazine rings is 1. The number of carbonyl (C=O) groups excluding carboxylic acids is 1. The molecule has 27 heavy (non-hydrogen) atoms. The van der Waals surface area contributed by atoms with Crippen LogP contribution in [-0.4, -0.2) is 46.5 Å². The van der Waals surface area contributed by atoms with E-state index in [1.54, 1.807) is 30.3 Å². The number of amidine groups is 2. The molecule has 0 aliphatic carbocycles. The van der Waals surface area contributed by atoms with Crippen molar-refractivity contribution in [2.75, 3.05) is 13.1 Å². The van der Waals surface area contributed by atoms with Crippen LogP contribution in [0.25, 0.3) is 0 Å². The fourth-order valence-corrected chi connectivity index (χ4v) is 3.38. The Labute approximate surface area is 166 Å². The molecule has 1 heterocycles. The summed E-state index contributed by atoms with van der Waals surface area (Å²) in [5, 5.41) is 17.0. The lowest BCUT2D eigenvalue weighted by molar-refractivity contribution is 0.0683. The topological polar surface area (TPSA) is 71.2 Å². The molecular weight excluding hydrogens is 390 g/mol. The van der Waals surface area contributed by atoms with Gasteiger partial charge < -0.3 is 9.80 Å². The molecule has 8 heteroatoms. The van der Waals surface area contributed by atoms with Gasteiger partial charge in [0.25, 0.3) is 5.91 Å². The van der Waals surface area contributed by atoms with Crippen molar-refractivity contribution in [2.45, 2.75) is 13.0 Å². The molecule has 2 N–H and O–H groups in total. The van der Waals surface area contributed by atoms with Gasteiger partial charge in [0.2, 0.25) is 0 Å². The van der Waals surface area contributed by atoms with E-state index in [0.717, 1.165) is 0 Å². The second-order valence-corrected chi connectivity index (χ2v) is 7.05. The Morgan fingerprint density at radius 3 is 2.52 bits per heavy atom. The van der Waals surface area contributed by atoms with Crippen LogP contribution in [0.3, 0.4) is 0 Å². The summed E-state index contributed by atoms with van der Waals surface area (Å²) in [7, 11) is 0. The molecule has 0 spiro atoms. The van der Waals surface area contributed by atoms with Crippen LogP contribution in [-0.2, 0) is 0 Å². The minimum absolute atomic E-state index is 0.0142. The van der Waals surface area contributed by atoms with Crippen LogP contribution >= 0.6 is 23.2 Å². The molecule has 0 bridgehead atoms.